The van der Waals surface area contributed by atoms with Gasteiger partial charge in [0.1, 0.15) is 11.3 Å². The molecule has 9 heavy (non-hydrogen) atoms. The lowest BCUT2D eigenvalue weighted by Gasteiger charge is -1.92. The van der Waals surface area contributed by atoms with E-state index in [0.717, 1.165) is 0 Å². The number of nitrogens with zero attached hydrogens (tertiary/aromatic N) is 1. The normalized spacial score (nSPS) is 9.67. The van der Waals surface area contributed by atoms with Crippen molar-refractivity contribution < 1.29 is 4.39 Å². The molecule has 1 nitrogen and oxygen atoms in total. The van der Waals surface area contributed by atoms with Crippen molar-refractivity contribution in [3.05, 3.63) is 28.8 Å². The maximum Gasteiger partial charge on any atom is 0.151 e. The topological polar surface area (TPSA) is 12.9 Å². The molecule has 0 N–H and O–H groups in total. The Balaban J connectivity index is 3.17. The summed E-state index contributed by atoms with van der Waals surface area (Å²) in [6.07, 6.45) is 2.09. The van der Waals surface area contributed by atoms with Crippen molar-refractivity contribution in [1.29, 1.82) is 0 Å². The third-order valence-electron chi connectivity index (χ3n) is 0.929. The minimum Gasteiger partial charge on any atom is -0.231 e. The number of rotatable bonds is 0. The largest absolute Gasteiger partial charge is 0.231 e. The maximum absolute atomic E-state index is 12.2. The zero-order valence-corrected chi connectivity index (χ0v) is 5.54. The lowest BCUT2D eigenvalue weighted by Crippen LogP contribution is -1.83. The Hall–Kier alpha value is -0.630. The molecule has 0 amide bonds. The number of halogens is 2. The van der Waals surface area contributed by atoms with E-state index in [1.807, 2.05) is 0 Å². The maximum atomic E-state index is 12.2. The quantitative estimate of drug-likeness (QED) is 0.508. The van der Waals surface area contributed by atoms with Gasteiger partial charge in [-0.25, -0.2) is 9.37 Å². The number of aryl methyl sites for hydroxylation is 1. The third kappa shape index (κ3) is 1.39. The fourth-order valence-corrected chi connectivity index (χ4v) is 0.569. The number of hydrogen-bond donors (Lipinski definition) is 0. The van der Waals surface area contributed by atoms with Gasteiger partial charge in [0, 0.05) is 0 Å². The second-order valence-corrected chi connectivity index (χ2v) is 2.05. The van der Waals surface area contributed by atoms with Crippen LogP contribution in [0.2, 0.25) is 5.15 Å². The Morgan fingerprint density at radius 1 is 1.78 bits per heavy atom. The molecule has 3 heteroatoms. The van der Waals surface area contributed by atoms with Gasteiger partial charge >= 0.3 is 0 Å². The van der Waals surface area contributed by atoms with Gasteiger partial charge in [-0.1, -0.05) is 11.6 Å². The lowest BCUT2D eigenvalue weighted by molar-refractivity contribution is 0.617. The second-order valence-electron chi connectivity index (χ2n) is 1.69. The molecule has 0 bridgehead atoms. The van der Waals surface area contributed by atoms with Crippen LogP contribution in [-0.4, -0.2) is 4.98 Å². The predicted octanol–water partition coefficient (Wildman–Crippen LogP) is 1.98. The molecule has 0 aromatic carbocycles. The first kappa shape index (κ1) is 6.49. The average Bonchev–Trinajstić information content (AvgIpc) is 1.80. The first-order chi connectivity index (χ1) is 4.20. The van der Waals surface area contributed by atoms with E-state index in [2.05, 4.69) is 11.2 Å². The molecule has 0 atom stereocenters. The molecule has 0 aliphatic rings. The summed E-state index contributed by atoms with van der Waals surface area (Å²) in [5.74, 6) is -0.475. The number of hydrogen-bond acceptors (Lipinski definition) is 1. The fraction of sp³-hybridized carbons (Fsp3) is 0.167. The van der Waals surface area contributed by atoms with Crippen LogP contribution >= 0.6 is 11.6 Å². The molecule has 47 valence electrons. The van der Waals surface area contributed by atoms with Gasteiger partial charge in [-0.2, -0.15) is 0 Å². The Morgan fingerprint density at radius 2 is 2.44 bits per heavy atom. The zero-order chi connectivity index (χ0) is 6.85. The minimum absolute atomic E-state index is 0.302. The lowest BCUT2D eigenvalue weighted by atomic mass is 10.3. The van der Waals surface area contributed by atoms with E-state index in [4.69, 9.17) is 11.6 Å². The summed E-state index contributed by atoms with van der Waals surface area (Å²) in [4.78, 5) is 3.44. The van der Waals surface area contributed by atoms with E-state index in [-0.39, 0.29) is 0 Å². The van der Waals surface area contributed by atoms with Crippen LogP contribution in [-0.2, 0) is 0 Å². The second kappa shape index (κ2) is 2.31. The van der Waals surface area contributed by atoms with E-state index < -0.39 is 5.82 Å². The summed E-state index contributed by atoms with van der Waals surface area (Å²) in [6, 6.07) is 1.29. The number of pyridine rings is 1. The highest BCUT2D eigenvalue weighted by Crippen LogP contribution is 2.10. The standard InChI is InChI=1S/C6H4ClFN/c1-4-2-5(8)3-9-6(4)7/h2H,1H3. The van der Waals surface area contributed by atoms with Gasteiger partial charge in [0.15, 0.2) is 5.82 Å². The van der Waals surface area contributed by atoms with E-state index >= 15 is 0 Å². The van der Waals surface area contributed by atoms with Crippen LogP contribution in [0.5, 0.6) is 0 Å². The van der Waals surface area contributed by atoms with Crippen LogP contribution in [0.3, 0.4) is 0 Å². The molecule has 0 aliphatic carbocycles. The number of aromatic nitrogens is 1. The first-order valence-electron chi connectivity index (χ1n) is 2.40. The van der Waals surface area contributed by atoms with Crippen molar-refractivity contribution in [3.8, 4) is 0 Å². The summed E-state index contributed by atoms with van der Waals surface area (Å²) in [5.41, 5.74) is 0.632. The highest BCUT2D eigenvalue weighted by atomic mass is 35.5. The Kier molecular flexibility index (Phi) is 1.67. The molecule has 1 heterocycles. The smallest absolute Gasteiger partial charge is 0.151 e. The van der Waals surface area contributed by atoms with E-state index in [1.54, 1.807) is 6.92 Å². The molecular formula is C6H4ClFN. The van der Waals surface area contributed by atoms with Crippen molar-refractivity contribution in [3.63, 3.8) is 0 Å². The zero-order valence-electron chi connectivity index (χ0n) is 4.78. The van der Waals surface area contributed by atoms with Crippen molar-refractivity contribution in [1.82, 2.24) is 4.98 Å². The van der Waals surface area contributed by atoms with Gasteiger partial charge < -0.3 is 0 Å². The monoisotopic (exact) mass is 144 g/mol. The molecule has 1 rings (SSSR count). The average molecular weight is 145 g/mol. The summed E-state index contributed by atoms with van der Waals surface area (Å²) in [6.45, 7) is 1.69. The third-order valence-corrected chi connectivity index (χ3v) is 1.31. The molecular weight excluding hydrogens is 141 g/mol. The van der Waals surface area contributed by atoms with Gasteiger partial charge in [-0.05, 0) is 18.6 Å². The van der Waals surface area contributed by atoms with Crippen LogP contribution in [0.15, 0.2) is 6.07 Å². The van der Waals surface area contributed by atoms with Crippen LogP contribution < -0.4 is 0 Å². The SMILES string of the molecule is Cc1cc(F)[c]nc1Cl. The van der Waals surface area contributed by atoms with Crippen LogP contribution in [0.25, 0.3) is 0 Å². The van der Waals surface area contributed by atoms with Gasteiger partial charge in [-0.3, -0.25) is 0 Å². The Labute approximate surface area is 57.5 Å². The highest BCUT2D eigenvalue weighted by Gasteiger charge is 1.96. The highest BCUT2D eigenvalue weighted by molar-refractivity contribution is 6.30. The molecule has 1 aromatic rings. The molecule has 0 spiro atoms. The van der Waals surface area contributed by atoms with Crippen LogP contribution in [0.4, 0.5) is 4.39 Å². The van der Waals surface area contributed by atoms with Crippen molar-refractivity contribution in [2.24, 2.45) is 0 Å². The van der Waals surface area contributed by atoms with Gasteiger partial charge in [-0.15, -0.1) is 0 Å². The molecule has 1 radical (unpaired) electrons. The van der Waals surface area contributed by atoms with Crippen LogP contribution in [0, 0.1) is 18.9 Å². The molecule has 0 saturated carbocycles. The predicted molar refractivity (Wildman–Crippen MR) is 32.8 cm³/mol. The summed E-state index contributed by atoms with van der Waals surface area (Å²) in [5, 5.41) is 0.302. The molecule has 1 aromatic heterocycles. The molecule has 0 aliphatic heterocycles. The summed E-state index contributed by atoms with van der Waals surface area (Å²) in [7, 11) is 0. The van der Waals surface area contributed by atoms with E-state index in [0.29, 0.717) is 10.7 Å². The van der Waals surface area contributed by atoms with E-state index in [1.165, 1.54) is 6.07 Å². The molecule has 0 fully saturated rings. The molecule has 0 unspecified atom stereocenters. The summed E-state index contributed by atoms with van der Waals surface area (Å²) < 4.78 is 12.2. The van der Waals surface area contributed by atoms with Gasteiger partial charge in [0.05, 0.1) is 0 Å². The van der Waals surface area contributed by atoms with Crippen LogP contribution in [0.1, 0.15) is 5.56 Å². The Bertz CT molecular complexity index is 224. The summed E-state index contributed by atoms with van der Waals surface area (Å²) >= 11 is 5.47. The van der Waals surface area contributed by atoms with Gasteiger partial charge in [0.2, 0.25) is 0 Å². The Morgan fingerprint density at radius 3 is 2.89 bits per heavy atom. The van der Waals surface area contributed by atoms with Crippen molar-refractivity contribution >= 4 is 11.6 Å². The first-order valence-corrected chi connectivity index (χ1v) is 2.78. The fourth-order valence-electron chi connectivity index (χ4n) is 0.473. The van der Waals surface area contributed by atoms with Gasteiger partial charge in [0.25, 0.3) is 0 Å². The van der Waals surface area contributed by atoms with Crippen molar-refractivity contribution in [2.45, 2.75) is 6.92 Å². The van der Waals surface area contributed by atoms with E-state index in [9.17, 15) is 4.39 Å². The van der Waals surface area contributed by atoms with Crippen molar-refractivity contribution in [2.75, 3.05) is 0 Å². The molecule has 0 saturated heterocycles. The minimum atomic E-state index is -0.475.